The molecule has 1 heterocycles. The molecule has 0 aromatic carbocycles. The van der Waals surface area contributed by atoms with Gasteiger partial charge in [0.25, 0.3) is 0 Å². The number of likely N-dealkylation sites (N-methyl/N-ethyl adjacent to an activating group) is 2. The number of likely N-dealkylation sites (tertiary alicyclic amines) is 1. The van der Waals surface area contributed by atoms with Crippen LogP contribution in [0.5, 0.6) is 0 Å². The standard InChI is InChI=1S/C17H35N3/c1-18-17(16-7-5-4-6-8-16)14-20(3)13-15-9-11-19(2)12-10-15/h15-18H,4-14H2,1-3H3. The summed E-state index contributed by atoms with van der Waals surface area (Å²) in [7, 11) is 6.73. The molecule has 2 aliphatic rings. The molecule has 118 valence electrons. The third-order valence-electron chi connectivity index (χ3n) is 5.51. The van der Waals surface area contributed by atoms with E-state index in [2.05, 4.69) is 36.3 Å². The summed E-state index contributed by atoms with van der Waals surface area (Å²) in [6.45, 7) is 5.10. The predicted molar refractivity (Wildman–Crippen MR) is 87.1 cm³/mol. The molecule has 0 radical (unpaired) electrons. The van der Waals surface area contributed by atoms with Crippen LogP contribution < -0.4 is 5.32 Å². The Balaban J connectivity index is 1.72. The van der Waals surface area contributed by atoms with Crippen molar-refractivity contribution >= 4 is 0 Å². The minimum atomic E-state index is 0.701. The maximum absolute atomic E-state index is 3.60. The molecule has 1 aliphatic heterocycles. The van der Waals surface area contributed by atoms with Crippen molar-refractivity contribution in [2.45, 2.75) is 51.0 Å². The number of piperidine rings is 1. The van der Waals surface area contributed by atoms with Gasteiger partial charge in [-0.25, -0.2) is 0 Å². The van der Waals surface area contributed by atoms with E-state index in [0.717, 1.165) is 11.8 Å². The molecule has 3 nitrogen and oxygen atoms in total. The molecular formula is C17H35N3. The van der Waals surface area contributed by atoms with E-state index in [0.29, 0.717) is 6.04 Å². The number of nitrogens with zero attached hydrogens (tertiary/aromatic N) is 2. The first-order chi connectivity index (χ1) is 9.69. The van der Waals surface area contributed by atoms with Crippen LogP contribution in [0.4, 0.5) is 0 Å². The normalized spacial score (nSPS) is 25.2. The molecule has 1 aliphatic carbocycles. The summed E-state index contributed by atoms with van der Waals surface area (Å²) in [5.41, 5.74) is 0. The second kappa shape index (κ2) is 8.35. The minimum Gasteiger partial charge on any atom is -0.315 e. The summed E-state index contributed by atoms with van der Waals surface area (Å²) < 4.78 is 0. The average molecular weight is 281 g/mol. The zero-order chi connectivity index (χ0) is 14.4. The Morgan fingerprint density at radius 2 is 1.75 bits per heavy atom. The Kier molecular flexibility index (Phi) is 6.79. The van der Waals surface area contributed by atoms with Gasteiger partial charge in [-0.05, 0) is 71.8 Å². The minimum absolute atomic E-state index is 0.701. The molecule has 3 heteroatoms. The van der Waals surface area contributed by atoms with Crippen LogP contribution in [-0.2, 0) is 0 Å². The fraction of sp³-hybridized carbons (Fsp3) is 1.00. The lowest BCUT2D eigenvalue weighted by molar-refractivity contribution is 0.154. The molecule has 1 atom stereocenters. The smallest absolute Gasteiger partial charge is 0.0220 e. The van der Waals surface area contributed by atoms with Crippen LogP contribution in [0.2, 0.25) is 0 Å². The van der Waals surface area contributed by atoms with Crippen LogP contribution in [0.3, 0.4) is 0 Å². The average Bonchev–Trinajstić information content (AvgIpc) is 2.48. The Hall–Kier alpha value is -0.120. The number of hydrogen-bond donors (Lipinski definition) is 1. The van der Waals surface area contributed by atoms with Crippen LogP contribution in [-0.4, -0.2) is 63.2 Å². The highest BCUT2D eigenvalue weighted by Gasteiger charge is 2.25. The van der Waals surface area contributed by atoms with Gasteiger partial charge < -0.3 is 15.1 Å². The summed E-state index contributed by atoms with van der Waals surface area (Å²) in [5, 5.41) is 3.60. The van der Waals surface area contributed by atoms with E-state index in [-0.39, 0.29) is 0 Å². The molecule has 0 bridgehead atoms. The van der Waals surface area contributed by atoms with Crippen LogP contribution in [0.1, 0.15) is 44.9 Å². The molecule has 0 spiro atoms. The van der Waals surface area contributed by atoms with Crippen molar-refractivity contribution in [2.24, 2.45) is 11.8 Å². The zero-order valence-electron chi connectivity index (χ0n) is 13.9. The van der Waals surface area contributed by atoms with Gasteiger partial charge in [0.1, 0.15) is 0 Å². The van der Waals surface area contributed by atoms with E-state index >= 15 is 0 Å². The van der Waals surface area contributed by atoms with Gasteiger partial charge in [0.05, 0.1) is 0 Å². The van der Waals surface area contributed by atoms with Gasteiger partial charge in [-0.1, -0.05) is 19.3 Å². The molecule has 0 amide bonds. The molecule has 1 N–H and O–H groups in total. The van der Waals surface area contributed by atoms with E-state index in [1.807, 2.05) is 0 Å². The molecule has 1 saturated heterocycles. The van der Waals surface area contributed by atoms with Gasteiger partial charge >= 0.3 is 0 Å². The van der Waals surface area contributed by atoms with Crippen molar-refractivity contribution in [2.75, 3.05) is 47.3 Å². The summed E-state index contributed by atoms with van der Waals surface area (Å²) in [5.74, 6) is 1.83. The van der Waals surface area contributed by atoms with Gasteiger partial charge in [0.2, 0.25) is 0 Å². The highest BCUT2D eigenvalue weighted by Crippen LogP contribution is 2.27. The highest BCUT2D eigenvalue weighted by molar-refractivity contribution is 4.82. The van der Waals surface area contributed by atoms with Gasteiger partial charge in [0, 0.05) is 19.1 Å². The molecular weight excluding hydrogens is 246 g/mol. The highest BCUT2D eigenvalue weighted by atomic mass is 15.1. The van der Waals surface area contributed by atoms with Crippen molar-refractivity contribution in [3.05, 3.63) is 0 Å². The van der Waals surface area contributed by atoms with Gasteiger partial charge in [-0.15, -0.1) is 0 Å². The lowest BCUT2D eigenvalue weighted by Gasteiger charge is -2.36. The molecule has 20 heavy (non-hydrogen) atoms. The topological polar surface area (TPSA) is 18.5 Å². The fourth-order valence-corrected chi connectivity index (χ4v) is 4.11. The lowest BCUT2D eigenvalue weighted by atomic mass is 9.83. The Bertz CT molecular complexity index is 255. The van der Waals surface area contributed by atoms with Crippen LogP contribution in [0.15, 0.2) is 0 Å². The Morgan fingerprint density at radius 3 is 2.35 bits per heavy atom. The van der Waals surface area contributed by atoms with Crippen LogP contribution in [0, 0.1) is 11.8 Å². The van der Waals surface area contributed by atoms with E-state index in [1.165, 1.54) is 71.1 Å². The second-order valence-corrected chi connectivity index (χ2v) is 7.26. The molecule has 2 fully saturated rings. The summed E-state index contributed by atoms with van der Waals surface area (Å²) >= 11 is 0. The maximum atomic E-state index is 3.60. The molecule has 1 saturated carbocycles. The van der Waals surface area contributed by atoms with Crippen LogP contribution >= 0.6 is 0 Å². The van der Waals surface area contributed by atoms with E-state index in [1.54, 1.807) is 0 Å². The number of hydrogen-bond acceptors (Lipinski definition) is 3. The summed E-state index contributed by atoms with van der Waals surface area (Å²) in [6.07, 6.45) is 9.99. The maximum Gasteiger partial charge on any atom is 0.0220 e. The van der Waals surface area contributed by atoms with Gasteiger partial charge in [-0.2, -0.15) is 0 Å². The molecule has 2 rings (SSSR count). The molecule has 0 aromatic rings. The van der Waals surface area contributed by atoms with Crippen molar-refractivity contribution in [3.63, 3.8) is 0 Å². The lowest BCUT2D eigenvalue weighted by Crippen LogP contribution is -2.45. The third-order valence-corrected chi connectivity index (χ3v) is 5.51. The number of nitrogens with one attached hydrogen (secondary N) is 1. The van der Waals surface area contributed by atoms with Gasteiger partial charge in [-0.3, -0.25) is 0 Å². The van der Waals surface area contributed by atoms with Gasteiger partial charge in [0.15, 0.2) is 0 Å². The Labute approximate surface area is 126 Å². The predicted octanol–water partition coefficient (Wildman–Crippen LogP) is 2.43. The Morgan fingerprint density at radius 1 is 1.10 bits per heavy atom. The summed E-state index contributed by atoms with van der Waals surface area (Å²) in [6, 6.07) is 0.701. The fourth-order valence-electron chi connectivity index (χ4n) is 4.11. The second-order valence-electron chi connectivity index (χ2n) is 7.26. The third kappa shape index (κ3) is 5.01. The molecule has 0 aromatic heterocycles. The van der Waals surface area contributed by atoms with Crippen molar-refractivity contribution < 1.29 is 0 Å². The van der Waals surface area contributed by atoms with Crippen molar-refractivity contribution in [1.29, 1.82) is 0 Å². The van der Waals surface area contributed by atoms with E-state index in [9.17, 15) is 0 Å². The first-order valence-corrected chi connectivity index (χ1v) is 8.73. The number of rotatable bonds is 6. The first kappa shape index (κ1) is 16.3. The van der Waals surface area contributed by atoms with E-state index in [4.69, 9.17) is 0 Å². The monoisotopic (exact) mass is 281 g/mol. The van der Waals surface area contributed by atoms with Crippen molar-refractivity contribution in [3.8, 4) is 0 Å². The zero-order valence-corrected chi connectivity index (χ0v) is 13.9. The molecule has 1 unspecified atom stereocenters. The van der Waals surface area contributed by atoms with Crippen molar-refractivity contribution in [1.82, 2.24) is 15.1 Å². The first-order valence-electron chi connectivity index (χ1n) is 8.73. The SMILES string of the molecule is CNC(CN(C)CC1CCN(C)CC1)C1CCCCC1. The largest absolute Gasteiger partial charge is 0.315 e. The van der Waals surface area contributed by atoms with E-state index < -0.39 is 0 Å². The quantitative estimate of drug-likeness (QED) is 0.807. The van der Waals surface area contributed by atoms with Crippen LogP contribution in [0.25, 0.3) is 0 Å². The summed E-state index contributed by atoms with van der Waals surface area (Å²) in [4.78, 5) is 5.06.